The Balaban J connectivity index is 0.000000343. The number of hydrogen-bond donors (Lipinski definition) is 3. The second kappa shape index (κ2) is 12.2. The normalized spacial score (nSPS) is 13.9. The summed E-state index contributed by atoms with van der Waals surface area (Å²) in [6.07, 6.45) is 4.87. The van der Waals surface area contributed by atoms with E-state index in [1.807, 2.05) is 31.6 Å². The molecule has 0 radical (unpaired) electrons. The lowest BCUT2D eigenvalue weighted by molar-refractivity contribution is 0.0696. The molecule has 0 bridgehead atoms. The summed E-state index contributed by atoms with van der Waals surface area (Å²) < 4.78 is 7.00. The van der Waals surface area contributed by atoms with Crippen LogP contribution in [-0.2, 0) is 24.2 Å². The fraction of sp³-hybridized carbons (Fsp3) is 0.440. The Kier molecular flexibility index (Phi) is 9.12. The van der Waals surface area contributed by atoms with Crippen LogP contribution >= 0.6 is 0 Å². The Morgan fingerprint density at radius 3 is 2.53 bits per heavy atom. The highest BCUT2D eigenvalue weighted by molar-refractivity contribution is 5.97. The zero-order valence-corrected chi connectivity index (χ0v) is 20.0. The summed E-state index contributed by atoms with van der Waals surface area (Å²) in [5.41, 5.74) is 3.08. The minimum atomic E-state index is -1.06. The number of nitrogens with zero attached hydrogens (tertiary/aromatic N) is 3. The van der Waals surface area contributed by atoms with Crippen molar-refractivity contribution in [2.45, 2.75) is 52.2 Å². The molecule has 9 heteroatoms. The lowest BCUT2D eigenvalue weighted by atomic mass is 10.1. The largest absolute Gasteiger partial charge is 0.478 e. The molecule has 0 atom stereocenters. The van der Waals surface area contributed by atoms with Gasteiger partial charge in [-0.05, 0) is 63.1 Å². The minimum absolute atomic E-state index is 0.0852. The molecule has 1 aliphatic rings. The van der Waals surface area contributed by atoms with Crippen LogP contribution in [-0.4, -0.2) is 58.1 Å². The van der Waals surface area contributed by atoms with E-state index < -0.39 is 5.97 Å². The van der Waals surface area contributed by atoms with Gasteiger partial charge in [0, 0.05) is 49.0 Å². The van der Waals surface area contributed by atoms with E-state index in [9.17, 15) is 9.59 Å². The highest BCUT2D eigenvalue weighted by atomic mass is 16.5. The van der Waals surface area contributed by atoms with E-state index in [1.54, 1.807) is 18.3 Å². The van der Waals surface area contributed by atoms with Gasteiger partial charge in [0.15, 0.2) is 5.65 Å². The van der Waals surface area contributed by atoms with Gasteiger partial charge in [-0.2, -0.15) is 5.10 Å². The summed E-state index contributed by atoms with van der Waals surface area (Å²) in [4.78, 5) is 28.1. The van der Waals surface area contributed by atoms with E-state index >= 15 is 0 Å². The molecule has 3 aromatic rings. The first kappa shape index (κ1) is 25.3. The van der Waals surface area contributed by atoms with Crippen LogP contribution in [0.3, 0.4) is 0 Å². The number of fused-ring (bicyclic) bond motifs is 1. The van der Waals surface area contributed by atoms with Crippen molar-refractivity contribution in [3.8, 4) is 0 Å². The Bertz CT molecular complexity index is 1120. The van der Waals surface area contributed by atoms with Crippen LogP contribution in [0.4, 0.5) is 0 Å². The summed E-state index contributed by atoms with van der Waals surface area (Å²) in [5, 5.41) is 20.4. The summed E-state index contributed by atoms with van der Waals surface area (Å²) in [6, 6.07) is 8.68. The number of amides is 1. The van der Waals surface area contributed by atoms with Crippen molar-refractivity contribution < 1.29 is 19.4 Å². The third kappa shape index (κ3) is 6.39. The third-order valence-electron chi connectivity index (χ3n) is 5.86. The van der Waals surface area contributed by atoms with E-state index in [4.69, 9.17) is 9.84 Å². The molecule has 1 amide bonds. The maximum absolute atomic E-state index is 12.4. The maximum Gasteiger partial charge on any atom is 0.335 e. The fourth-order valence-corrected chi connectivity index (χ4v) is 3.84. The SMILES string of the molecule is CCc1nc2c(cnn2CC)cc1CNC(=O)c1cccc(C(=O)O)c1.CNC1CCOCC1. The first-order chi connectivity index (χ1) is 16.5. The lowest BCUT2D eigenvalue weighted by Gasteiger charge is -2.20. The number of carboxylic acid groups (broad SMARTS) is 1. The van der Waals surface area contributed by atoms with Crippen LogP contribution in [0.5, 0.6) is 0 Å². The van der Waals surface area contributed by atoms with Crippen LogP contribution in [0.15, 0.2) is 36.5 Å². The number of rotatable bonds is 7. The molecule has 9 nitrogen and oxygen atoms in total. The molecule has 1 aromatic carbocycles. The number of carbonyl (C=O) groups excluding carboxylic acids is 1. The van der Waals surface area contributed by atoms with Crippen LogP contribution in [0, 0.1) is 0 Å². The number of carboxylic acids is 1. The Morgan fingerprint density at radius 2 is 1.91 bits per heavy atom. The molecule has 1 saturated heterocycles. The number of aromatic carboxylic acids is 1. The van der Waals surface area contributed by atoms with E-state index in [0.29, 0.717) is 18.2 Å². The smallest absolute Gasteiger partial charge is 0.335 e. The lowest BCUT2D eigenvalue weighted by Crippen LogP contribution is -2.31. The maximum atomic E-state index is 12.4. The molecule has 3 heterocycles. The number of hydrogen-bond acceptors (Lipinski definition) is 6. The summed E-state index contributed by atoms with van der Waals surface area (Å²) in [6.45, 7) is 6.97. The van der Waals surface area contributed by atoms with Crippen molar-refractivity contribution in [3.05, 3.63) is 58.9 Å². The minimum Gasteiger partial charge on any atom is -0.478 e. The molecule has 0 aliphatic carbocycles. The number of carbonyl (C=O) groups is 2. The topological polar surface area (TPSA) is 118 Å². The Morgan fingerprint density at radius 1 is 1.18 bits per heavy atom. The van der Waals surface area contributed by atoms with Crippen molar-refractivity contribution in [2.75, 3.05) is 20.3 Å². The van der Waals surface area contributed by atoms with Gasteiger partial charge in [-0.1, -0.05) is 13.0 Å². The van der Waals surface area contributed by atoms with E-state index in [0.717, 1.165) is 48.5 Å². The second-order valence-electron chi connectivity index (χ2n) is 8.06. The van der Waals surface area contributed by atoms with Gasteiger partial charge in [0.2, 0.25) is 0 Å². The van der Waals surface area contributed by atoms with Gasteiger partial charge in [-0.3, -0.25) is 4.79 Å². The first-order valence-corrected chi connectivity index (χ1v) is 11.7. The van der Waals surface area contributed by atoms with E-state index in [1.165, 1.54) is 25.0 Å². The molecule has 3 N–H and O–H groups in total. The molecule has 0 spiro atoms. The van der Waals surface area contributed by atoms with Crippen molar-refractivity contribution in [2.24, 2.45) is 0 Å². The molecule has 0 unspecified atom stereocenters. The third-order valence-corrected chi connectivity index (χ3v) is 5.86. The monoisotopic (exact) mass is 467 g/mol. The van der Waals surface area contributed by atoms with Crippen LogP contribution in [0.2, 0.25) is 0 Å². The molecule has 0 saturated carbocycles. The predicted octanol–water partition coefficient (Wildman–Crippen LogP) is 3.03. The number of benzene rings is 1. The molecule has 2 aromatic heterocycles. The quantitative estimate of drug-likeness (QED) is 0.489. The van der Waals surface area contributed by atoms with Gasteiger partial charge in [-0.15, -0.1) is 0 Å². The first-order valence-electron chi connectivity index (χ1n) is 11.7. The van der Waals surface area contributed by atoms with Gasteiger partial charge >= 0.3 is 5.97 Å². The van der Waals surface area contributed by atoms with Gasteiger partial charge in [0.25, 0.3) is 5.91 Å². The molecule has 182 valence electrons. The number of aromatic nitrogens is 3. The summed E-state index contributed by atoms with van der Waals surface area (Å²) in [5.74, 6) is -1.38. The van der Waals surface area contributed by atoms with Gasteiger partial charge in [0.05, 0.1) is 11.8 Å². The Labute approximate surface area is 199 Å². The molecule has 1 aliphatic heterocycles. The van der Waals surface area contributed by atoms with E-state index in [-0.39, 0.29) is 11.5 Å². The molecular weight excluding hydrogens is 434 g/mol. The Hall–Kier alpha value is -3.30. The van der Waals surface area contributed by atoms with Crippen molar-refractivity contribution in [1.29, 1.82) is 0 Å². The molecule has 34 heavy (non-hydrogen) atoms. The average molecular weight is 468 g/mol. The van der Waals surface area contributed by atoms with Crippen molar-refractivity contribution in [3.63, 3.8) is 0 Å². The van der Waals surface area contributed by atoms with Gasteiger partial charge < -0.3 is 20.5 Å². The van der Waals surface area contributed by atoms with Crippen molar-refractivity contribution >= 4 is 22.9 Å². The number of aryl methyl sites for hydroxylation is 2. The van der Waals surface area contributed by atoms with Gasteiger partial charge in [-0.25, -0.2) is 14.5 Å². The number of nitrogens with one attached hydrogen (secondary N) is 2. The van der Waals surface area contributed by atoms with Crippen LogP contribution in [0.25, 0.3) is 11.0 Å². The molecule has 4 rings (SSSR count). The fourth-order valence-electron chi connectivity index (χ4n) is 3.84. The second-order valence-corrected chi connectivity index (χ2v) is 8.06. The average Bonchev–Trinajstić information content (AvgIpc) is 3.29. The highest BCUT2D eigenvalue weighted by Crippen LogP contribution is 2.18. The standard InChI is InChI=1S/C19H20N4O3.C6H13NO/c1-3-16-14(9-15-11-21-23(4-2)17(15)22-16)10-20-18(24)12-6-5-7-13(8-12)19(25)26;1-7-6-2-4-8-5-3-6/h5-9,11H,3-4,10H2,1-2H3,(H,20,24)(H,25,26);6-7H,2-5H2,1H3. The van der Waals surface area contributed by atoms with Gasteiger partial charge in [0.1, 0.15) is 0 Å². The number of pyridine rings is 1. The van der Waals surface area contributed by atoms with E-state index in [2.05, 4.69) is 20.7 Å². The highest BCUT2D eigenvalue weighted by Gasteiger charge is 2.13. The zero-order valence-electron chi connectivity index (χ0n) is 20.0. The van der Waals surface area contributed by atoms with Crippen LogP contribution in [0.1, 0.15) is 58.7 Å². The summed E-state index contributed by atoms with van der Waals surface area (Å²) >= 11 is 0. The zero-order chi connectivity index (χ0) is 24.5. The number of ether oxygens (including phenoxy) is 1. The molecular formula is C25H33N5O4. The van der Waals surface area contributed by atoms with Crippen molar-refractivity contribution in [1.82, 2.24) is 25.4 Å². The molecule has 1 fully saturated rings. The van der Waals surface area contributed by atoms with Crippen LogP contribution < -0.4 is 10.6 Å². The predicted molar refractivity (Wildman–Crippen MR) is 130 cm³/mol. The summed E-state index contributed by atoms with van der Waals surface area (Å²) in [7, 11) is 2.01.